The Morgan fingerprint density at radius 1 is 1.19 bits per heavy atom. The zero-order valence-corrected chi connectivity index (χ0v) is 18.7. The molecule has 32 heavy (non-hydrogen) atoms. The summed E-state index contributed by atoms with van der Waals surface area (Å²) in [7, 11) is 2.83. The average molecular weight is 475 g/mol. The number of hydrogen-bond acceptors (Lipinski definition) is 8. The number of fused-ring (bicyclic) bond motifs is 2. The topological polar surface area (TPSA) is 131 Å². The Labute approximate surface area is 189 Å². The van der Waals surface area contributed by atoms with Crippen LogP contribution in [0.25, 0.3) is 10.1 Å². The van der Waals surface area contributed by atoms with Crippen LogP contribution >= 0.6 is 22.7 Å². The first-order valence-corrected chi connectivity index (χ1v) is 11.1. The molecule has 12 heteroatoms. The van der Waals surface area contributed by atoms with Gasteiger partial charge in [0.2, 0.25) is 0 Å². The van der Waals surface area contributed by atoms with Crippen molar-refractivity contribution in [3.8, 4) is 0 Å². The van der Waals surface area contributed by atoms with Gasteiger partial charge in [-0.25, -0.2) is 4.79 Å². The summed E-state index contributed by atoms with van der Waals surface area (Å²) in [6, 6.07) is 6.01. The van der Waals surface area contributed by atoms with Crippen molar-refractivity contribution in [2.45, 2.75) is 13.0 Å². The number of anilines is 1. The molecule has 0 spiro atoms. The minimum absolute atomic E-state index is 0.0507. The molecule has 0 aliphatic carbocycles. The van der Waals surface area contributed by atoms with Gasteiger partial charge in [-0.2, -0.15) is 0 Å². The summed E-state index contributed by atoms with van der Waals surface area (Å²) in [6.45, 7) is 0.696. The monoisotopic (exact) mass is 474 g/mol. The molecule has 0 bridgehead atoms. The van der Waals surface area contributed by atoms with E-state index in [2.05, 4.69) is 10.6 Å². The van der Waals surface area contributed by atoms with E-state index in [0.717, 1.165) is 15.1 Å². The summed E-state index contributed by atoms with van der Waals surface area (Å²) in [5.74, 6) is -0.737. The molecule has 3 aromatic rings. The van der Waals surface area contributed by atoms with E-state index in [4.69, 9.17) is 4.74 Å². The van der Waals surface area contributed by atoms with Crippen LogP contribution in [0.1, 0.15) is 30.5 Å². The number of non-ortho nitro benzene ring substituents is 1. The maximum atomic E-state index is 13.0. The molecule has 2 aromatic heterocycles. The molecule has 0 saturated carbocycles. The number of benzene rings is 1. The maximum Gasteiger partial charge on any atom is 0.409 e. The van der Waals surface area contributed by atoms with Crippen LogP contribution in [0.4, 0.5) is 15.5 Å². The standard InChI is InChI=1S/C20H18N4O6S2/c1-21-18(26)16-12-5-6-23(20(27)30-2)9-15(12)32-19(16)22-17(25)14-8-10-7-11(24(28)29)3-4-13(10)31-14/h3-4,7-8H,5-6,9H2,1-2H3,(H,21,26)(H,22,25). The van der Waals surface area contributed by atoms with E-state index < -0.39 is 16.9 Å². The Morgan fingerprint density at radius 2 is 1.97 bits per heavy atom. The lowest BCUT2D eigenvalue weighted by Crippen LogP contribution is -2.35. The van der Waals surface area contributed by atoms with E-state index >= 15 is 0 Å². The summed E-state index contributed by atoms with van der Waals surface area (Å²) in [4.78, 5) is 50.6. The minimum atomic E-state index is -0.486. The quantitative estimate of drug-likeness (QED) is 0.439. The van der Waals surface area contributed by atoms with Crippen molar-refractivity contribution in [1.82, 2.24) is 10.2 Å². The number of nitrogens with zero attached hydrogens (tertiary/aromatic N) is 2. The van der Waals surface area contributed by atoms with E-state index in [9.17, 15) is 24.5 Å². The van der Waals surface area contributed by atoms with Gasteiger partial charge in [0, 0.05) is 40.7 Å². The van der Waals surface area contributed by atoms with Crippen LogP contribution in [0.3, 0.4) is 0 Å². The zero-order chi connectivity index (χ0) is 23.0. The number of carbonyl (C=O) groups excluding carboxylic acids is 3. The van der Waals surface area contributed by atoms with Gasteiger partial charge in [0.1, 0.15) is 5.00 Å². The third-order valence-corrected chi connectivity index (χ3v) is 7.35. The number of amides is 3. The summed E-state index contributed by atoms with van der Waals surface area (Å²) in [5.41, 5.74) is 1.14. The molecule has 0 radical (unpaired) electrons. The molecular weight excluding hydrogens is 456 g/mol. The van der Waals surface area contributed by atoms with Crippen LogP contribution in [-0.2, 0) is 17.7 Å². The van der Waals surface area contributed by atoms with Crippen molar-refractivity contribution < 1.29 is 24.0 Å². The third-order valence-electron chi connectivity index (χ3n) is 5.11. The fourth-order valence-corrected chi connectivity index (χ4v) is 5.76. The largest absolute Gasteiger partial charge is 0.453 e. The second-order valence-corrected chi connectivity index (χ2v) is 9.16. The first-order valence-electron chi connectivity index (χ1n) is 9.51. The Bertz CT molecular complexity index is 1260. The SMILES string of the molecule is CNC(=O)c1c(NC(=O)c2cc3cc([N+](=O)[O-])ccc3s2)sc2c1CCN(C(=O)OC)C2. The maximum absolute atomic E-state index is 13.0. The normalized spacial score (nSPS) is 12.9. The second kappa shape index (κ2) is 8.55. The van der Waals surface area contributed by atoms with Gasteiger partial charge < -0.3 is 20.3 Å². The number of nitro benzene ring substituents is 1. The van der Waals surface area contributed by atoms with Gasteiger partial charge in [-0.1, -0.05) is 0 Å². The number of nitro groups is 1. The highest BCUT2D eigenvalue weighted by atomic mass is 32.1. The summed E-state index contributed by atoms with van der Waals surface area (Å²) in [6.07, 6.45) is 0.0158. The Hall–Kier alpha value is -3.51. The molecule has 1 aliphatic rings. The molecule has 4 rings (SSSR count). The van der Waals surface area contributed by atoms with Crippen LogP contribution in [-0.4, -0.2) is 48.4 Å². The van der Waals surface area contributed by atoms with Crippen LogP contribution in [0.5, 0.6) is 0 Å². The molecule has 1 aromatic carbocycles. The van der Waals surface area contributed by atoms with Crippen LogP contribution in [0.15, 0.2) is 24.3 Å². The second-order valence-electron chi connectivity index (χ2n) is 6.97. The Balaban J connectivity index is 1.65. The summed E-state index contributed by atoms with van der Waals surface area (Å²) in [5, 5.41) is 17.4. The number of hydrogen-bond donors (Lipinski definition) is 2. The smallest absolute Gasteiger partial charge is 0.409 e. The lowest BCUT2D eigenvalue weighted by atomic mass is 10.0. The third kappa shape index (κ3) is 3.89. The highest BCUT2D eigenvalue weighted by Crippen LogP contribution is 2.38. The van der Waals surface area contributed by atoms with E-state index in [1.54, 1.807) is 12.1 Å². The molecule has 3 amide bonds. The first-order chi connectivity index (χ1) is 15.3. The molecule has 166 valence electrons. The highest BCUT2D eigenvalue weighted by Gasteiger charge is 2.30. The van der Waals surface area contributed by atoms with Gasteiger partial charge in [0.15, 0.2) is 0 Å². The molecule has 0 unspecified atom stereocenters. The number of carbonyl (C=O) groups is 3. The van der Waals surface area contributed by atoms with E-state index in [0.29, 0.717) is 40.3 Å². The van der Waals surface area contributed by atoms with Crippen molar-refractivity contribution in [3.05, 3.63) is 55.3 Å². The number of rotatable bonds is 4. The molecule has 0 fully saturated rings. The molecule has 0 saturated heterocycles. The van der Waals surface area contributed by atoms with Crippen LogP contribution in [0.2, 0.25) is 0 Å². The number of nitrogens with one attached hydrogen (secondary N) is 2. The molecular formula is C20H18N4O6S2. The summed E-state index contributed by atoms with van der Waals surface area (Å²) >= 11 is 2.45. The fraction of sp³-hybridized carbons (Fsp3) is 0.250. The minimum Gasteiger partial charge on any atom is -0.453 e. The fourth-order valence-electron chi connectivity index (χ4n) is 3.56. The Kier molecular flexibility index (Phi) is 5.80. The summed E-state index contributed by atoms with van der Waals surface area (Å²) < 4.78 is 5.53. The lowest BCUT2D eigenvalue weighted by molar-refractivity contribution is -0.384. The molecule has 0 atom stereocenters. The van der Waals surface area contributed by atoms with Crippen LogP contribution in [0, 0.1) is 10.1 Å². The Morgan fingerprint density at radius 3 is 2.66 bits per heavy atom. The molecule has 1 aliphatic heterocycles. The number of thiophene rings is 2. The number of methoxy groups -OCH3 is 1. The van der Waals surface area contributed by atoms with Gasteiger partial charge in [0.25, 0.3) is 17.5 Å². The van der Waals surface area contributed by atoms with Crippen molar-refractivity contribution >= 4 is 61.4 Å². The molecule has 2 N–H and O–H groups in total. The van der Waals surface area contributed by atoms with Gasteiger partial charge in [-0.15, -0.1) is 22.7 Å². The van der Waals surface area contributed by atoms with Gasteiger partial charge in [-0.05, 0) is 24.1 Å². The van der Waals surface area contributed by atoms with Crippen molar-refractivity contribution in [1.29, 1.82) is 0 Å². The van der Waals surface area contributed by atoms with E-state index in [1.807, 2.05) is 0 Å². The van der Waals surface area contributed by atoms with Crippen LogP contribution < -0.4 is 10.6 Å². The lowest BCUT2D eigenvalue weighted by Gasteiger charge is -2.25. The van der Waals surface area contributed by atoms with E-state index in [1.165, 1.54) is 53.9 Å². The number of ether oxygens (including phenoxy) is 1. The predicted molar refractivity (Wildman–Crippen MR) is 121 cm³/mol. The predicted octanol–water partition coefficient (Wildman–Crippen LogP) is 3.61. The van der Waals surface area contributed by atoms with Crippen molar-refractivity contribution in [2.24, 2.45) is 0 Å². The van der Waals surface area contributed by atoms with Gasteiger partial charge >= 0.3 is 6.09 Å². The van der Waals surface area contributed by atoms with Crippen molar-refractivity contribution in [3.63, 3.8) is 0 Å². The van der Waals surface area contributed by atoms with E-state index in [-0.39, 0.29) is 11.6 Å². The first kappa shape index (κ1) is 21.7. The highest BCUT2D eigenvalue weighted by molar-refractivity contribution is 7.21. The zero-order valence-electron chi connectivity index (χ0n) is 17.1. The molecule has 10 nitrogen and oxygen atoms in total. The average Bonchev–Trinajstić information content (AvgIpc) is 3.37. The van der Waals surface area contributed by atoms with Gasteiger partial charge in [-0.3, -0.25) is 19.7 Å². The van der Waals surface area contributed by atoms with Gasteiger partial charge in [0.05, 0.1) is 29.0 Å². The van der Waals surface area contributed by atoms with Crippen molar-refractivity contribution in [2.75, 3.05) is 26.0 Å². The molecule has 3 heterocycles.